The number of benzene rings is 3. The molecule has 0 aliphatic rings. The van der Waals surface area contributed by atoms with E-state index >= 15 is 0 Å². The van der Waals surface area contributed by atoms with Gasteiger partial charge in [0.15, 0.2) is 0 Å². The predicted molar refractivity (Wildman–Crippen MR) is 101 cm³/mol. The second-order valence-electron chi connectivity index (χ2n) is 5.74. The van der Waals surface area contributed by atoms with Gasteiger partial charge >= 0.3 is 0 Å². The van der Waals surface area contributed by atoms with Crippen LogP contribution in [0.3, 0.4) is 0 Å². The lowest BCUT2D eigenvalue weighted by atomic mass is 10.1. The lowest BCUT2D eigenvalue weighted by Crippen LogP contribution is -2.27. The molecule has 26 heavy (non-hydrogen) atoms. The Morgan fingerprint density at radius 1 is 0.962 bits per heavy atom. The molecule has 0 aliphatic carbocycles. The van der Waals surface area contributed by atoms with Crippen molar-refractivity contribution in [2.45, 2.75) is 6.42 Å². The molecule has 3 rings (SSSR count). The molecule has 0 bridgehead atoms. The van der Waals surface area contributed by atoms with Crippen molar-refractivity contribution in [1.29, 1.82) is 0 Å². The Hall–Kier alpha value is -2.92. The van der Waals surface area contributed by atoms with Gasteiger partial charge in [0.25, 0.3) is 5.91 Å². The van der Waals surface area contributed by atoms with E-state index in [1.54, 1.807) is 0 Å². The molecule has 0 spiro atoms. The number of nitrogens with one attached hydrogen (secondary N) is 2. The van der Waals surface area contributed by atoms with Crippen molar-refractivity contribution in [3.63, 3.8) is 0 Å². The van der Waals surface area contributed by atoms with Crippen molar-refractivity contribution in [3.05, 3.63) is 77.1 Å². The summed E-state index contributed by atoms with van der Waals surface area (Å²) < 4.78 is 13.0. The maximum atomic E-state index is 13.0. The van der Waals surface area contributed by atoms with Crippen molar-refractivity contribution in [2.75, 3.05) is 11.9 Å². The van der Waals surface area contributed by atoms with Crippen LogP contribution < -0.4 is 10.6 Å². The molecule has 2 amide bonds. The Balaban J connectivity index is 1.52. The summed E-state index contributed by atoms with van der Waals surface area (Å²) in [6.45, 7) is 0.145. The van der Waals surface area contributed by atoms with E-state index in [0.717, 1.165) is 22.9 Å². The molecule has 0 saturated heterocycles. The zero-order chi connectivity index (χ0) is 18.5. The minimum atomic E-state index is -0.513. The minimum Gasteiger partial charge on any atom is -0.351 e. The highest BCUT2D eigenvalue weighted by atomic mass is 35.5. The fraction of sp³-hybridized carbons (Fsp3) is 0.100. The summed E-state index contributed by atoms with van der Waals surface area (Å²) in [4.78, 5) is 24.1. The van der Waals surface area contributed by atoms with Gasteiger partial charge in [-0.2, -0.15) is 0 Å². The molecule has 3 aromatic rings. The van der Waals surface area contributed by atoms with E-state index in [1.165, 1.54) is 6.07 Å². The number of rotatable bonds is 5. The summed E-state index contributed by atoms with van der Waals surface area (Å²) in [5.41, 5.74) is 0.865. The smallest absolute Gasteiger partial charge is 0.252 e. The molecular weight excluding hydrogens is 355 g/mol. The van der Waals surface area contributed by atoms with Gasteiger partial charge in [0, 0.05) is 18.7 Å². The standard InChI is InChI=1S/C20H16ClFN2O2/c21-18-12-15(22)6-8-17(18)20(26)23-10-9-19(25)24-16-7-5-13-3-1-2-4-14(13)11-16/h1-8,11-12H,9-10H2,(H,23,26)(H,24,25). The Bertz CT molecular complexity index is 975. The Morgan fingerprint density at radius 3 is 2.50 bits per heavy atom. The van der Waals surface area contributed by atoms with Gasteiger partial charge in [-0.05, 0) is 41.1 Å². The summed E-state index contributed by atoms with van der Waals surface area (Å²) in [6, 6.07) is 17.1. The zero-order valence-corrected chi connectivity index (χ0v) is 14.5. The fourth-order valence-electron chi connectivity index (χ4n) is 2.55. The second-order valence-corrected chi connectivity index (χ2v) is 6.15. The molecular formula is C20H16ClFN2O2. The van der Waals surface area contributed by atoms with E-state index in [-0.39, 0.29) is 29.5 Å². The second kappa shape index (κ2) is 7.97. The number of hydrogen-bond donors (Lipinski definition) is 2. The van der Waals surface area contributed by atoms with Crippen LogP contribution in [-0.4, -0.2) is 18.4 Å². The number of hydrogen-bond acceptors (Lipinski definition) is 2. The Kier molecular flexibility index (Phi) is 5.49. The molecule has 0 saturated carbocycles. The molecule has 2 N–H and O–H groups in total. The van der Waals surface area contributed by atoms with Crippen LogP contribution in [0.4, 0.5) is 10.1 Å². The lowest BCUT2D eigenvalue weighted by molar-refractivity contribution is -0.116. The highest BCUT2D eigenvalue weighted by Crippen LogP contribution is 2.19. The van der Waals surface area contributed by atoms with Crippen molar-refractivity contribution in [1.82, 2.24) is 5.32 Å². The number of fused-ring (bicyclic) bond motifs is 1. The van der Waals surface area contributed by atoms with E-state index in [0.29, 0.717) is 5.69 Å². The quantitative estimate of drug-likeness (QED) is 0.699. The van der Waals surface area contributed by atoms with E-state index in [2.05, 4.69) is 10.6 Å². The van der Waals surface area contributed by atoms with Gasteiger partial charge in [0.2, 0.25) is 5.91 Å². The van der Waals surface area contributed by atoms with Gasteiger partial charge < -0.3 is 10.6 Å². The molecule has 132 valence electrons. The van der Waals surface area contributed by atoms with E-state index < -0.39 is 11.7 Å². The van der Waals surface area contributed by atoms with E-state index in [9.17, 15) is 14.0 Å². The average molecular weight is 371 g/mol. The van der Waals surface area contributed by atoms with Gasteiger partial charge in [-0.25, -0.2) is 4.39 Å². The molecule has 0 heterocycles. The highest BCUT2D eigenvalue weighted by molar-refractivity contribution is 6.33. The average Bonchev–Trinajstić information content (AvgIpc) is 2.61. The van der Waals surface area contributed by atoms with Crippen molar-refractivity contribution in [2.24, 2.45) is 0 Å². The molecule has 0 radical (unpaired) electrons. The predicted octanol–water partition coefficient (Wildman–Crippen LogP) is 4.39. The van der Waals surface area contributed by atoms with Crippen LogP contribution in [0, 0.1) is 5.82 Å². The third kappa shape index (κ3) is 4.37. The number of carbonyl (C=O) groups excluding carboxylic acids is 2. The summed E-state index contributed by atoms with van der Waals surface area (Å²) in [5.74, 6) is -1.18. The molecule has 6 heteroatoms. The third-order valence-electron chi connectivity index (χ3n) is 3.85. The third-order valence-corrected chi connectivity index (χ3v) is 4.16. The van der Waals surface area contributed by atoms with Crippen LogP contribution in [0.1, 0.15) is 16.8 Å². The van der Waals surface area contributed by atoms with Crippen LogP contribution in [-0.2, 0) is 4.79 Å². The maximum absolute atomic E-state index is 13.0. The summed E-state index contributed by atoms with van der Waals surface area (Å²) in [7, 11) is 0. The van der Waals surface area contributed by atoms with Gasteiger partial charge in [-0.3, -0.25) is 9.59 Å². The van der Waals surface area contributed by atoms with Crippen LogP contribution in [0.5, 0.6) is 0 Å². The first-order valence-electron chi connectivity index (χ1n) is 8.05. The number of carbonyl (C=O) groups is 2. The monoisotopic (exact) mass is 370 g/mol. The lowest BCUT2D eigenvalue weighted by Gasteiger charge is -2.08. The van der Waals surface area contributed by atoms with Gasteiger partial charge in [-0.1, -0.05) is 41.9 Å². The van der Waals surface area contributed by atoms with Crippen LogP contribution in [0.15, 0.2) is 60.7 Å². The van der Waals surface area contributed by atoms with Crippen molar-refractivity contribution < 1.29 is 14.0 Å². The van der Waals surface area contributed by atoms with Gasteiger partial charge in [-0.15, -0.1) is 0 Å². The summed E-state index contributed by atoms with van der Waals surface area (Å²) >= 11 is 5.84. The Labute approximate surface area is 155 Å². The molecule has 0 aromatic heterocycles. The minimum absolute atomic E-state index is 0.0307. The maximum Gasteiger partial charge on any atom is 0.252 e. The van der Waals surface area contributed by atoms with E-state index in [4.69, 9.17) is 11.6 Å². The van der Waals surface area contributed by atoms with Gasteiger partial charge in [0.1, 0.15) is 5.82 Å². The molecule has 0 aliphatic heterocycles. The first kappa shape index (κ1) is 17.9. The first-order chi connectivity index (χ1) is 12.5. The molecule has 0 unspecified atom stereocenters. The topological polar surface area (TPSA) is 58.2 Å². The molecule has 4 nitrogen and oxygen atoms in total. The normalized spacial score (nSPS) is 10.5. The molecule has 3 aromatic carbocycles. The molecule has 0 fully saturated rings. The SMILES string of the molecule is O=C(CCNC(=O)c1ccc(F)cc1Cl)Nc1ccc2ccccc2c1. The number of anilines is 1. The zero-order valence-electron chi connectivity index (χ0n) is 13.8. The van der Waals surface area contributed by atoms with Crippen LogP contribution in [0.25, 0.3) is 10.8 Å². The summed E-state index contributed by atoms with van der Waals surface area (Å²) in [6.07, 6.45) is 0.109. The number of halogens is 2. The Morgan fingerprint density at radius 2 is 1.73 bits per heavy atom. The first-order valence-corrected chi connectivity index (χ1v) is 8.42. The largest absolute Gasteiger partial charge is 0.351 e. The summed E-state index contributed by atoms with van der Waals surface area (Å²) in [5, 5.41) is 7.55. The van der Waals surface area contributed by atoms with E-state index in [1.807, 2.05) is 42.5 Å². The highest BCUT2D eigenvalue weighted by Gasteiger charge is 2.11. The van der Waals surface area contributed by atoms with Crippen LogP contribution in [0.2, 0.25) is 5.02 Å². The van der Waals surface area contributed by atoms with Crippen LogP contribution >= 0.6 is 11.6 Å². The fourth-order valence-corrected chi connectivity index (χ4v) is 2.80. The van der Waals surface area contributed by atoms with Gasteiger partial charge in [0.05, 0.1) is 10.6 Å². The number of amides is 2. The van der Waals surface area contributed by atoms with Crippen molar-refractivity contribution in [3.8, 4) is 0 Å². The van der Waals surface area contributed by atoms with Crippen molar-refractivity contribution >= 4 is 39.9 Å². The molecule has 0 atom stereocenters.